The Balaban J connectivity index is 0.00000136. The number of ether oxygens (including phenoxy) is 1. The van der Waals surface area contributed by atoms with Crippen LogP contribution in [0.2, 0.25) is 0 Å². The highest BCUT2D eigenvalue weighted by molar-refractivity contribution is 5.94. The highest BCUT2D eigenvalue weighted by atomic mass is 35.5. The lowest BCUT2D eigenvalue weighted by molar-refractivity contribution is -0.0683. The molecule has 9 heteroatoms. The van der Waals surface area contributed by atoms with Crippen LogP contribution in [0, 0.1) is 11.8 Å². The Morgan fingerprint density at radius 3 is 2.74 bits per heavy atom. The second-order valence-corrected chi connectivity index (χ2v) is 9.67. The van der Waals surface area contributed by atoms with Crippen molar-refractivity contribution in [2.45, 2.75) is 57.3 Å². The van der Waals surface area contributed by atoms with Gasteiger partial charge in [0.1, 0.15) is 5.56 Å². The number of amides is 1. The molecule has 3 saturated heterocycles. The number of pyridine rings is 1. The smallest absolute Gasteiger partial charge is 0.263 e. The molecule has 4 aliphatic heterocycles. The predicted molar refractivity (Wildman–Crippen MR) is 125 cm³/mol. The second kappa shape index (κ2) is 9.79. The summed E-state index contributed by atoms with van der Waals surface area (Å²) in [7, 11) is 0. The number of rotatable bonds is 3. The van der Waals surface area contributed by atoms with Crippen molar-refractivity contribution >= 4 is 30.7 Å². The summed E-state index contributed by atoms with van der Waals surface area (Å²) in [5.74, 6) is 1.13. The SMILES string of the molecule is CC(C)[C@H]1CN2C[C@@H](NC(=O)c3ccc4n(c3=O)C[C@@H]3CNC[C@H]4C3)C[C@H]2CO1.Cl.Cl. The number of hydrogen-bond donors (Lipinski definition) is 2. The van der Waals surface area contributed by atoms with E-state index in [1.165, 1.54) is 0 Å². The molecule has 5 heterocycles. The van der Waals surface area contributed by atoms with E-state index >= 15 is 0 Å². The van der Waals surface area contributed by atoms with Gasteiger partial charge >= 0.3 is 0 Å². The quantitative estimate of drug-likeness (QED) is 0.698. The highest BCUT2D eigenvalue weighted by Crippen LogP contribution is 2.32. The van der Waals surface area contributed by atoms with Crippen LogP contribution in [0.15, 0.2) is 16.9 Å². The fourth-order valence-corrected chi connectivity index (χ4v) is 5.63. The summed E-state index contributed by atoms with van der Waals surface area (Å²) in [6, 6.07) is 4.17. The molecule has 1 amide bonds. The average Bonchev–Trinajstić information content (AvgIpc) is 3.10. The molecule has 1 aromatic heterocycles. The lowest BCUT2D eigenvalue weighted by Gasteiger charge is -2.37. The van der Waals surface area contributed by atoms with E-state index in [0.29, 0.717) is 30.3 Å². The van der Waals surface area contributed by atoms with Crippen LogP contribution in [-0.4, -0.2) is 66.3 Å². The Hall–Kier alpha value is -1.12. The minimum Gasteiger partial charge on any atom is -0.375 e. The van der Waals surface area contributed by atoms with Gasteiger partial charge in [-0.15, -0.1) is 24.8 Å². The van der Waals surface area contributed by atoms with E-state index in [1.807, 2.05) is 10.6 Å². The Kier molecular flexibility index (Phi) is 7.75. The molecule has 0 unspecified atom stereocenters. The van der Waals surface area contributed by atoms with E-state index in [1.54, 1.807) is 6.07 Å². The highest BCUT2D eigenvalue weighted by Gasteiger charge is 2.39. The summed E-state index contributed by atoms with van der Waals surface area (Å²) in [5, 5.41) is 6.59. The van der Waals surface area contributed by atoms with Crippen molar-refractivity contribution in [1.29, 1.82) is 0 Å². The normalized spacial score (nSPS) is 31.8. The average molecular weight is 473 g/mol. The summed E-state index contributed by atoms with van der Waals surface area (Å²) in [6.45, 7) is 9.46. The Morgan fingerprint density at radius 2 is 1.97 bits per heavy atom. The molecule has 0 saturated carbocycles. The van der Waals surface area contributed by atoms with Crippen molar-refractivity contribution < 1.29 is 9.53 Å². The number of piperidine rings is 1. The minimum atomic E-state index is -0.231. The Bertz CT molecular complexity index is 862. The van der Waals surface area contributed by atoms with Crippen molar-refractivity contribution in [2.24, 2.45) is 11.8 Å². The van der Waals surface area contributed by atoms with E-state index in [4.69, 9.17) is 4.74 Å². The van der Waals surface area contributed by atoms with Crippen LogP contribution in [0.25, 0.3) is 0 Å². The van der Waals surface area contributed by atoms with Gasteiger partial charge in [0.15, 0.2) is 0 Å². The fourth-order valence-electron chi connectivity index (χ4n) is 5.63. The third kappa shape index (κ3) is 4.67. The van der Waals surface area contributed by atoms with Crippen LogP contribution in [0.4, 0.5) is 0 Å². The minimum absolute atomic E-state index is 0. The summed E-state index contributed by atoms with van der Waals surface area (Å²) in [5.41, 5.74) is 1.23. The van der Waals surface area contributed by atoms with Crippen LogP contribution in [0.3, 0.4) is 0 Å². The molecule has 4 aliphatic rings. The molecule has 0 aromatic carbocycles. The Labute approximate surface area is 196 Å². The molecule has 0 spiro atoms. The number of morpholine rings is 1. The number of fused-ring (bicyclic) bond motifs is 5. The first-order valence-electron chi connectivity index (χ1n) is 11.1. The Morgan fingerprint density at radius 1 is 1.16 bits per heavy atom. The molecule has 0 radical (unpaired) electrons. The van der Waals surface area contributed by atoms with Crippen LogP contribution in [-0.2, 0) is 11.3 Å². The zero-order valence-electron chi connectivity index (χ0n) is 18.2. The lowest BCUT2D eigenvalue weighted by atomic mass is 9.84. The van der Waals surface area contributed by atoms with Crippen LogP contribution < -0.4 is 16.2 Å². The number of aromatic nitrogens is 1. The van der Waals surface area contributed by atoms with Gasteiger partial charge in [0.05, 0.1) is 12.7 Å². The molecule has 3 fully saturated rings. The van der Waals surface area contributed by atoms with Crippen LogP contribution in [0.1, 0.15) is 48.7 Å². The summed E-state index contributed by atoms with van der Waals surface area (Å²) < 4.78 is 7.85. The number of nitrogens with one attached hydrogen (secondary N) is 2. The van der Waals surface area contributed by atoms with Crippen LogP contribution >= 0.6 is 24.8 Å². The van der Waals surface area contributed by atoms with Crippen molar-refractivity contribution in [3.05, 3.63) is 33.7 Å². The molecular weight excluding hydrogens is 439 g/mol. The van der Waals surface area contributed by atoms with E-state index in [-0.39, 0.29) is 54.0 Å². The zero-order valence-corrected chi connectivity index (χ0v) is 19.8. The largest absolute Gasteiger partial charge is 0.375 e. The molecule has 0 aliphatic carbocycles. The van der Waals surface area contributed by atoms with Gasteiger partial charge in [-0.25, -0.2) is 0 Å². The van der Waals surface area contributed by atoms with E-state index < -0.39 is 0 Å². The maximum absolute atomic E-state index is 13.1. The fraction of sp³-hybridized carbons (Fsp3) is 0.727. The molecule has 5 atom stereocenters. The topological polar surface area (TPSA) is 75.6 Å². The number of hydrogen-bond acceptors (Lipinski definition) is 5. The van der Waals surface area contributed by atoms with Gasteiger partial charge in [-0.3, -0.25) is 14.5 Å². The first-order valence-corrected chi connectivity index (χ1v) is 11.1. The summed E-state index contributed by atoms with van der Waals surface area (Å²) in [6.07, 6.45) is 2.29. The molecule has 2 bridgehead atoms. The van der Waals surface area contributed by atoms with E-state index in [9.17, 15) is 9.59 Å². The number of halogens is 2. The third-order valence-corrected chi connectivity index (χ3v) is 7.28. The molecule has 2 N–H and O–H groups in total. The third-order valence-electron chi connectivity index (χ3n) is 7.28. The molecule has 5 rings (SSSR count). The van der Waals surface area contributed by atoms with Gasteiger partial charge in [0, 0.05) is 49.9 Å². The first-order chi connectivity index (χ1) is 14.0. The van der Waals surface area contributed by atoms with Crippen molar-refractivity contribution in [1.82, 2.24) is 20.1 Å². The second-order valence-electron chi connectivity index (χ2n) is 9.67. The molecule has 7 nitrogen and oxygen atoms in total. The number of carbonyl (C=O) groups is 1. The van der Waals surface area contributed by atoms with Gasteiger partial charge in [-0.2, -0.15) is 0 Å². The summed E-state index contributed by atoms with van der Waals surface area (Å²) in [4.78, 5) is 28.5. The van der Waals surface area contributed by atoms with Gasteiger partial charge < -0.3 is 19.9 Å². The maximum Gasteiger partial charge on any atom is 0.263 e. The molecule has 31 heavy (non-hydrogen) atoms. The van der Waals surface area contributed by atoms with Gasteiger partial charge in [0.2, 0.25) is 0 Å². The van der Waals surface area contributed by atoms with E-state index in [2.05, 4.69) is 29.4 Å². The van der Waals surface area contributed by atoms with Crippen molar-refractivity contribution in [3.63, 3.8) is 0 Å². The number of carbonyl (C=O) groups excluding carboxylic acids is 1. The molecule has 174 valence electrons. The molecular formula is C22H34Cl2N4O3. The van der Waals surface area contributed by atoms with Gasteiger partial charge in [-0.1, -0.05) is 13.8 Å². The van der Waals surface area contributed by atoms with Gasteiger partial charge in [0.25, 0.3) is 11.5 Å². The zero-order chi connectivity index (χ0) is 20.1. The molecule has 1 aromatic rings. The monoisotopic (exact) mass is 472 g/mol. The summed E-state index contributed by atoms with van der Waals surface area (Å²) >= 11 is 0. The van der Waals surface area contributed by atoms with E-state index in [0.717, 1.165) is 51.3 Å². The maximum atomic E-state index is 13.1. The predicted octanol–water partition coefficient (Wildman–Crippen LogP) is 1.63. The lowest BCUT2D eigenvalue weighted by Crippen LogP contribution is -2.48. The van der Waals surface area contributed by atoms with Gasteiger partial charge in [-0.05, 0) is 43.4 Å². The number of nitrogens with zero attached hydrogens (tertiary/aromatic N) is 2. The van der Waals surface area contributed by atoms with Crippen LogP contribution in [0.5, 0.6) is 0 Å². The van der Waals surface area contributed by atoms with Crippen molar-refractivity contribution in [3.8, 4) is 0 Å². The van der Waals surface area contributed by atoms with Crippen molar-refractivity contribution in [2.75, 3.05) is 32.8 Å². The standard InChI is InChI=1S/C22H32N4O3.2ClH/c1-13(2)20-11-25-10-16(6-17(25)12-29-20)24-21(27)18-3-4-19-15-5-14(7-23-8-15)9-26(19)22(18)28;;/h3-4,13-17,20,23H,5-12H2,1-2H3,(H,24,27);2*1H/t14-,15+,16-,17-,20+;;/m0../s1. The first kappa shape index (κ1) is 24.5.